The van der Waals surface area contributed by atoms with Gasteiger partial charge in [0.25, 0.3) is 5.91 Å². The van der Waals surface area contributed by atoms with E-state index in [9.17, 15) is 4.79 Å². The molecule has 0 radical (unpaired) electrons. The number of rotatable bonds is 7. The van der Waals surface area contributed by atoms with Crippen molar-refractivity contribution >= 4 is 51.8 Å². The molecule has 1 amide bonds. The van der Waals surface area contributed by atoms with E-state index in [1.807, 2.05) is 13.8 Å². The van der Waals surface area contributed by atoms with E-state index < -0.39 is 5.60 Å². The standard InChI is InChI=1S/C23H26Cl2N4O2/c1-4-5-6-10-26-21(30)13-11-17-18(14-12-23(2,3)31-20(13)14)28-22(27-17)29-19-15(24)8-7-9-16(19)25/h7-9,11H,4-6,10,12H2,1-3H3,(H,26,30)(H2,27,28,29). The van der Waals surface area contributed by atoms with E-state index in [2.05, 4.69) is 27.5 Å². The van der Waals surface area contributed by atoms with E-state index in [-0.39, 0.29) is 5.91 Å². The Kier molecular flexibility index (Phi) is 6.04. The minimum atomic E-state index is -0.404. The average Bonchev–Trinajstić information content (AvgIpc) is 3.26. The van der Waals surface area contributed by atoms with Crippen molar-refractivity contribution in [2.75, 3.05) is 11.9 Å². The normalized spacial score (nSPS) is 14.4. The smallest absolute Gasteiger partial charge is 0.255 e. The number of unbranched alkanes of at least 4 members (excludes halogenated alkanes) is 2. The zero-order valence-corrected chi connectivity index (χ0v) is 19.4. The number of amides is 1. The fourth-order valence-corrected chi connectivity index (χ4v) is 4.35. The fourth-order valence-electron chi connectivity index (χ4n) is 3.86. The van der Waals surface area contributed by atoms with Crippen molar-refractivity contribution in [3.8, 4) is 5.75 Å². The first kappa shape index (κ1) is 21.8. The van der Waals surface area contributed by atoms with Crippen LogP contribution < -0.4 is 15.4 Å². The maximum absolute atomic E-state index is 12.9. The third-order valence-corrected chi connectivity index (χ3v) is 5.96. The van der Waals surface area contributed by atoms with Crippen molar-refractivity contribution in [1.29, 1.82) is 0 Å². The first-order valence-electron chi connectivity index (χ1n) is 10.5. The lowest BCUT2D eigenvalue weighted by Crippen LogP contribution is -2.27. The summed E-state index contributed by atoms with van der Waals surface area (Å²) >= 11 is 12.6. The molecule has 0 saturated heterocycles. The zero-order chi connectivity index (χ0) is 22.2. The van der Waals surface area contributed by atoms with Gasteiger partial charge >= 0.3 is 0 Å². The minimum absolute atomic E-state index is 0.140. The van der Waals surface area contributed by atoms with Gasteiger partial charge in [-0.2, -0.15) is 0 Å². The number of nitrogens with zero attached hydrogens (tertiary/aromatic N) is 1. The molecule has 164 valence electrons. The molecule has 0 aliphatic carbocycles. The van der Waals surface area contributed by atoms with Crippen LogP contribution in [0.4, 0.5) is 11.6 Å². The van der Waals surface area contributed by atoms with Gasteiger partial charge in [0.1, 0.15) is 11.4 Å². The van der Waals surface area contributed by atoms with Crippen molar-refractivity contribution in [3.05, 3.63) is 45.4 Å². The van der Waals surface area contributed by atoms with E-state index in [0.717, 1.165) is 30.3 Å². The Morgan fingerprint density at radius 3 is 2.71 bits per heavy atom. The van der Waals surface area contributed by atoms with E-state index in [1.165, 1.54) is 0 Å². The van der Waals surface area contributed by atoms with Gasteiger partial charge in [-0.25, -0.2) is 4.98 Å². The van der Waals surface area contributed by atoms with Gasteiger partial charge in [-0.05, 0) is 38.5 Å². The van der Waals surface area contributed by atoms with E-state index >= 15 is 0 Å². The van der Waals surface area contributed by atoms with Gasteiger partial charge in [-0.15, -0.1) is 0 Å². The Balaban J connectivity index is 1.71. The number of hydrogen-bond acceptors (Lipinski definition) is 4. The number of benzene rings is 2. The molecule has 3 aromatic rings. The first-order chi connectivity index (χ1) is 14.8. The summed E-state index contributed by atoms with van der Waals surface area (Å²) in [4.78, 5) is 20.9. The number of carbonyl (C=O) groups excluding carboxylic acids is 1. The Labute approximate surface area is 191 Å². The maximum Gasteiger partial charge on any atom is 0.255 e. The highest BCUT2D eigenvalue weighted by Crippen LogP contribution is 2.42. The number of imidazole rings is 1. The van der Waals surface area contributed by atoms with Crippen LogP contribution in [0.1, 0.15) is 56.0 Å². The largest absolute Gasteiger partial charge is 0.486 e. The summed E-state index contributed by atoms with van der Waals surface area (Å²) in [6, 6.07) is 7.08. The molecule has 4 rings (SSSR count). The van der Waals surface area contributed by atoms with Crippen molar-refractivity contribution in [2.24, 2.45) is 0 Å². The molecule has 8 heteroatoms. The van der Waals surface area contributed by atoms with Crippen LogP contribution in [0.5, 0.6) is 5.75 Å². The van der Waals surface area contributed by atoms with Gasteiger partial charge in [-0.3, -0.25) is 4.79 Å². The van der Waals surface area contributed by atoms with Crippen molar-refractivity contribution in [3.63, 3.8) is 0 Å². The monoisotopic (exact) mass is 460 g/mol. The first-order valence-corrected chi connectivity index (χ1v) is 11.3. The fraction of sp³-hybridized carbons (Fsp3) is 0.391. The number of fused-ring (bicyclic) bond motifs is 3. The topological polar surface area (TPSA) is 79.0 Å². The summed E-state index contributed by atoms with van der Waals surface area (Å²) in [6.07, 6.45) is 3.81. The van der Waals surface area contributed by atoms with Crippen LogP contribution in [-0.4, -0.2) is 28.0 Å². The summed E-state index contributed by atoms with van der Waals surface area (Å²) < 4.78 is 6.18. The number of H-pyrrole nitrogens is 1. The summed E-state index contributed by atoms with van der Waals surface area (Å²) in [7, 11) is 0. The van der Waals surface area contributed by atoms with Gasteiger partial charge < -0.3 is 20.4 Å². The molecule has 31 heavy (non-hydrogen) atoms. The van der Waals surface area contributed by atoms with Crippen LogP contribution >= 0.6 is 23.2 Å². The Morgan fingerprint density at radius 2 is 2.00 bits per heavy atom. The van der Waals surface area contributed by atoms with Gasteiger partial charge in [-0.1, -0.05) is 49.0 Å². The number of hydrogen-bond donors (Lipinski definition) is 3. The molecule has 1 aliphatic rings. The number of nitrogens with one attached hydrogen (secondary N) is 3. The highest BCUT2D eigenvalue weighted by Gasteiger charge is 2.36. The summed E-state index contributed by atoms with van der Waals surface area (Å²) in [5.41, 5.74) is 3.16. The minimum Gasteiger partial charge on any atom is -0.486 e. The van der Waals surface area contributed by atoms with Crippen LogP contribution in [0.25, 0.3) is 11.0 Å². The molecule has 0 saturated carbocycles. The zero-order valence-electron chi connectivity index (χ0n) is 17.9. The molecule has 0 spiro atoms. The number of anilines is 2. The molecule has 2 heterocycles. The molecule has 0 bridgehead atoms. The van der Waals surface area contributed by atoms with Crippen LogP contribution in [0.2, 0.25) is 10.0 Å². The Hall–Kier alpha value is -2.44. The second kappa shape index (κ2) is 8.60. The van der Waals surface area contributed by atoms with Gasteiger partial charge in [0.15, 0.2) is 0 Å². The predicted octanol–water partition coefficient (Wildman–Crippen LogP) is 6.25. The number of ether oxygens (including phenoxy) is 1. The molecular weight excluding hydrogens is 435 g/mol. The van der Waals surface area contributed by atoms with E-state index in [4.69, 9.17) is 27.9 Å². The Bertz CT molecular complexity index is 1120. The summed E-state index contributed by atoms with van der Waals surface area (Å²) in [5.74, 6) is 0.979. The van der Waals surface area contributed by atoms with Crippen molar-refractivity contribution in [2.45, 2.75) is 52.1 Å². The number of aromatic amines is 1. The molecule has 0 atom stereocenters. The lowest BCUT2D eigenvalue weighted by atomic mass is 9.99. The SMILES string of the molecule is CCCCCNC(=O)c1cc2nc(Nc3c(Cl)cccc3Cl)[nH]c2c2c1OC(C)(C)C2. The number of aromatic nitrogens is 2. The summed E-state index contributed by atoms with van der Waals surface area (Å²) in [5, 5.41) is 7.17. The van der Waals surface area contributed by atoms with E-state index in [0.29, 0.717) is 51.5 Å². The lowest BCUT2D eigenvalue weighted by molar-refractivity contribution is 0.0939. The lowest BCUT2D eigenvalue weighted by Gasteiger charge is -2.18. The molecule has 0 unspecified atom stereocenters. The van der Waals surface area contributed by atoms with Crippen molar-refractivity contribution < 1.29 is 9.53 Å². The van der Waals surface area contributed by atoms with Crippen LogP contribution in [0.3, 0.4) is 0 Å². The van der Waals surface area contributed by atoms with Crippen LogP contribution in [0, 0.1) is 0 Å². The molecule has 0 fully saturated rings. The second-order valence-electron chi connectivity index (χ2n) is 8.43. The van der Waals surface area contributed by atoms with E-state index in [1.54, 1.807) is 24.3 Å². The molecular formula is C23H26Cl2N4O2. The summed E-state index contributed by atoms with van der Waals surface area (Å²) in [6.45, 7) is 6.81. The highest BCUT2D eigenvalue weighted by atomic mass is 35.5. The van der Waals surface area contributed by atoms with Crippen molar-refractivity contribution in [1.82, 2.24) is 15.3 Å². The average molecular weight is 461 g/mol. The molecule has 3 N–H and O–H groups in total. The second-order valence-corrected chi connectivity index (χ2v) is 9.25. The molecule has 2 aromatic carbocycles. The third kappa shape index (κ3) is 4.46. The van der Waals surface area contributed by atoms with Gasteiger partial charge in [0.05, 0.1) is 32.3 Å². The quantitative estimate of drug-likeness (QED) is 0.364. The Morgan fingerprint density at radius 1 is 1.26 bits per heavy atom. The molecule has 1 aromatic heterocycles. The van der Waals surface area contributed by atoms with Gasteiger partial charge in [0, 0.05) is 18.5 Å². The molecule has 1 aliphatic heterocycles. The van der Waals surface area contributed by atoms with Crippen LogP contribution in [0.15, 0.2) is 24.3 Å². The van der Waals surface area contributed by atoms with Crippen LogP contribution in [-0.2, 0) is 6.42 Å². The molecule has 6 nitrogen and oxygen atoms in total. The van der Waals surface area contributed by atoms with Gasteiger partial charge in [0.2, 0.25) is 5.95 Å². The maximum atomic E-state index is 12.9. The predicted molar refractivity (Wildman–Crippen MR) is 126 cm³/mol. The highest BCUT2D eigenvalue weighted by molar-refractivity contribution is 6.39. The number of carbonyl (C=O) groups is 1. The number of halogens is 2. The third-order valence-electron chi connectivity index (χ3n) is 5.33. The number of para-hydroxylation sites is 1.